The molecule has 0 saturated heterocycles. The molecule has 1 amide bonds. The van der Waals surface area contributed by atoms with Crippen LogP contribution in [0.4, 0.5) is 0 Å². The average molecular weight is 369 g/mol. The van der Waals surface area contributed by atoms with E-state index in [0.29, 0.717) is 35.5 Å². The molecule has 0 unspecified atom stereocenters. The number of amides is 1. The fourth-order valence-corrected chi connectivity index (χ4v) is 2.49. The smallest absolute Gasteiger partial charge is 0.260 e. The van der Waals surface area contributed by atoms with Crippen LogP contribution in [0.15, 0.2) is 42.7 Å². The van der Waals surface area contributed by atoms with Gasteiger partial charge in [0.25, 0.3) is 5.91 Å². The van der Waals surface area contributed by atoms with E-state index in [1.165, 1.54) is 0 Å². The fraction of sp³-hybridized carbons (Fsp3) is 0.294. The highest BCUT2D eigenvalue weighted by Gasteiger charge is 2.15. The topological polar surface area (TPSA) is 51.7 Å². The molecule has 0 atom stereocenters. The van der Waals surface area contributed by atoms with Crippen LogP contribution in [-0.2, 0) is 16.1 Å². The normalized spacial score (nSPS) is 10.5. The van der Waals surface area contributed by atoms with E-state index in [4.69, 9.17) is 32.7 Å². The summed E-state index contributed by atoms with van der Waals surface area (Å²) in [4.78, 5) is 18.1. The predicted molar refractivity (Wildman–Crippen MR) is 93.5 cm³/mol. The number of nitrogens with zero attached hydrogens (tertiary/aromatic N) is 2. The minimum absolute atomic E-state index is 0.115. The van der Waals surface area contributed by atoms with E-state index in [-0.39, 0.29) is 12.5 Å². The maximum atomic E-state index is 12.5. The Balaban J connectivity index is 1.98. The Kier molecular flexibility index (Phi) is 7.31. The summed E-state index contributed by atoms with van der Waals surface area (Å²) >= 11 is 11.9. The van der Waals surface area contributed by atoms with Gasteiger partial charge < -0.3 is 14.4 Å². The molecule has 0 fully saturated rings. The number of hydrogen-bond donors (Lipinski definition) is 0. The Morgan fingerprint density at radius 3 is 2.62 bits per heavy atom. The summed E-state index contributed by atoms with van der Waals surface area (Å²) < 4.78 is 10.6. The molecule has 0 aliphatic heterocycles. The van der Waals surface area contributed by atoms with Crippen LogP contribution in [0.25, 0.3) is 0 Å². The summed E-state index contributed by atoms with van der Waals surface area (Å²) in [5, 5.41) is 0.881. The number of methoxy groups -OCH3 is 1. The molecule has 24 heavy (non-hydrogen) atoms. The Bertz CT molecular complexity index is 668. The zero-order chi connectivity index (χ0) is 17.4. The van der Waals surface area contributed by atoms with E-state index in [1.807, 2.05) is 12.1 Å². The first-order chi connectivity index (χ1) is 11.6. The third-order valence-corrected chi connectivity index (χ3v) is 3.82. The van der Waals surface area contributed by atoms with Crippen molar-refractivity contribution in [2.75, 3.05) is 26.9 Å². The molecule has 1 aromatic carbocycles. The van der Waals surface area contributed by atoms with Crippen molar-refractivity contribution in [1.82, 2.24) is 9.88 Å². The largest absolute Gasteiger partial charge is 0.482 e. The highest BCUT2D eigenvalue weighted by molar-refractivity contribution is 6.35. The lowest BCUT2D eigenvalue weighted by atomic mass is 10.2. The van der Waals surface area contributed by atoms with Crippen LogP contribution in [0.2, 0.25) is 10.0 Å². The summed E-state index contributed by atoms with van der Waals surface area (Å²) in [5.41, 5.74) is 0.985. The molecule has 5 nitrogen and oxygen atoms in total. The second-order valence-electron chi connectivity index (χ2n) is 5.03. The van der Waals surface area contributed by atoms with Crippen LogP contribution < -0.4 is 4.74 Å². The van der Waals surface area contributed by atoms with Crippen molar-refractivity contribution in [3.05, 3.63) is 58.3 Å². The van der Waals surface area contributed by atoms with Gasteiger partial charge in [-0.15, -0.1) is 0 Å². The van der Waals surface area contributed by atoms with Gasteiger partial charge in [-0.1, -0.05) is 23.2 Å². The summed E-state index contributed by atoms with van der Waals surface area (Å²) in [6.07, 6.45) is 3.39. The van der Waals surface area contributed by atoms with Crippen LogP contribution in [0, 0.1) is 0 Å². The lowest BCUT2D eigenvalue weighted by molar-refractivity contribution is -0.134. The van der Waals surface area contributed by atoms with Crippen molar-refractivity contribution >= 4 is 29.1 Å². The monoisotopic (exact) mass is 368 g/mol. The zero-order valence-electron chi connectivity index (χ0n) is 13.2. The minimum atomic E-state index is -0.158. The van der Waals surface area contributed by atoms with Crippen LogP contribution in [0.5, 0.6) is 5.75 Å². The zero-order valence-corrected chi connectivity index (χ0v) is 14.8. The van der Waals surface area contributed by atoms with Crippen molar-refractivity contribution in [2.24, 2.45) is 0 Å². The maximum Gasteiger partial charge on any atom is 0.260 e. The SMILES string of the molecule is COCCN(Cc1ccncc1)C(=O)COc1ccc(Cl)cc1Cl. The second kappa shape index (κ2) is 9.47. The molecule has 0 saturated carbocycles. The number of halogens is 2. The molecule has 7 heteroatoms. The van der Waals surface area contributed by atoms with Gasteiger partial charge in [-0.2, -0.15) is 0 Å². The number of carbonyl (C=O) groups is 1. The highest BCUT2D eigenvalue weighted by Crippen LogP contribution is 2.27. The average Bonchev–Trinajstić information content (AvgIpc) is 2.58. The maximum absolute atomic E-state index is 12.5. The lowest BCUT2D eigenvalue weighted by Crippen LogP contribution is -2.36. The van der Waals surface area contributed by atoms with Gasteiger partial charge >= 0.3 is 0 Å². The number of benzene rings is 1. The summed E-state index contributed by atoms with van der Waals surface area (Å²) in [7, 11) is 1.60. The molecule has 0 spiro atoms. The molecular formula is C17H18Cl2N2O3. The summed E-state index contributed by atoms with van der Waals surface area (Å²) in [6.45, 7) is 1.26. The molecule has 1 heterocycles. The van der Waals surface area contributed by atoms with Gasteiger partial charge in [0, 0.05) is 37.6 Å². The van der Waals surface area contributed by atoms with Crippen molar-refractivity contribution in [1.29, 1.82) is 0 Å². The van der Waals surface area contributed by atoms with Gasteiger partial charge in [-0.3, -0.25) is 9.78 Å². The van der Waals surface area contributed by atoms with E-state index in [0.717, 1.165) is 5.56 Å². The van der Waals surface area contributed by atoms with E-state index in [9.17, 15) is 4.79 Å². The van der Waals surface area contributed by atoms with Crippen molar-refractivity contribution in [3.8, 4) is 5.75 Å². The molecule has 0 aliphatic rings. The predicted octanol–water partition coefficient (Wildman–Crippen LogP) is 3.44. The highest BCUT2D eigenvalue weighted by atomic mass is 35.5. The Labute approximate surface area is 151 Å². The summed E-state index contributed by atoms with van der Waals surface area (Å²) in [6, 6.07) is 8.60. The minimum Gasteiger partial charge on any atom is -0.482 e. The van der Waals surface area contributed by atoms with Gasteiger partial charge in [-0.25, -0.2) is 0 Å². The second-order valence-corrected chi connectivity index (χ2v) is 5.87. The van der Waals surface area contributed by atoms with Crippen LogP contribution in [0.1, 0.15) is 5.56 Å². The molecular weight excluding hydrogens is 351 g/mol. The van der Waals surface area contributed by atoms with Gasteiger partial charge in [0.15, 0.2) is 6.61 Å². The van der Waals surface area contributed by atoms with Crippen molar-refractivity contribution < 1.29 is 14.3 Å². The summed E-state index contributed by atoms with van der Waals surface area (Å²) in [5.74, 6) is 0.264. The number of rotatable bonds is 8. The first kappa shape index (κ1) is 18.5. The quantitative estimate of drug-likeness (QED) is 0.715. The van der Waals surface area contributed by atoms with Gasteiger partial charge in [0.2, 0.25) is 0 Å². The first-order valence-corrected chi connectivity index (χ1v) is 8.09. The Morgan fingerprint density at radius 1 is 1.21 bits per heavy atom. The molecule has 0 radical (unpaired) electrons. The molecule has 2 aromatic rings. The number of aromatic nitrogens is 1. The van der Waals surface area contributed by atoms with E-state index >= 15 is 0 Å². The Hall–Kier alpha value is -1.82. The molecule has 1 aromatic heterocycles. The van der Waals surface area contributed by atoms with Crippen molar-refractivity contribution in [3.63, 3.8) is 0 Å². The van der Waals surface area contributed by atoms with Gasteiger partial charge in [-0.05, 0) is 35.9 Å². The van der Waals surface area contributed by atoms with E-state index in [2.05, 4.69) is 4.98 Å². The van der Waals surface area contributed by atoms with Crippen LogP contribution >= 0.6 is 23.2 Å². The van der Waals surface area contributed by atoms with Crippen LogP contribution in [0.3, 0.4) is 0 Å². The number of carbonyl (C=O) groups excluding carboxylic acids is 1. The molecule has 128 valence electrons. The van der Waals surface area contributed by atoms with Crippen molar-refractivity contribution in [2.45, 2.75) is 6.54 Å². The number of ether oxygens (including phenoxy) is 2. The van der Waals surface area contributed by atoms with E-state index in [1.54, 1.807) is 42.6 Å². The molecule has 0 bridgehead atoms. The Morgan fingerprint density at radius 2 is 1.96 bits per heavy atom. The third kappa shape index (κ3) is 5.67. The molecule has 0 aliphatic carbocycles. The number of hydrogen-bond acceptors (Lipinski definition) is 4. The first-order valence-electron chi connectivity index (χ1n) is 7.33. The lowest BCUT2D eigenvalue weighted by Gasteiger charge is -2.22. The third-order valence-electron chi connectivity index (χ3n) is 3.29. The van der Waals surface area contributed by atoms with Gasteiger partial charge in [0.1, 0.15) is 5.75 Å². The fourth-order valence-electron chi connectivity index (χ4n) is 2.03. The number of pyridine rings is 1. The van der Waals surface area contributed by atoms with Crippen LogP contribution in [-0.4, -0.2) is 42.7 Å². The molecule has 0 N–H and O–H groups in total. The standard InChI is InChI=1S/C17H18Cl2N2O3/c1-23-9-8-21(11-13-4-6-20-7-5-13)17(22)12-24-16-3-2-14(18)10-15(16)19/h2-7,10H,8-9,11-12H2,1H3. The van der Waals surface area contributed by atoms with E-state index < -0.39 is 0 Å². The van der Waals surface area contributed by atoms with Gasteiger partial charge in [0.05, 0.1) is 11.6 Å². The molecule has 2 rings (SSSR count).